The van der Waals surface area contributed by atoms with Gasteiger partial charge in [0.2, 0.25) is 0 Å². The van der Waals surface area contributed by atoms with E-state index in [-0.39, 0.29) is 5.37 Å². The Labute approximate surface area is 167 Å². The van der Waals surface area contributed by atoms with Crippen molar-refractivity contribution in [1.82, 2.24) is 5.32 Å². The number of carboxylic acids is 1. The molecular weight excluding hydrogens is 382 g/mol. The first kappa shape index (κ1) is 20.2. The van der Waals surface area contributed by atoms with E-state index in [0.717, 1.165) is 5.56 Å². The molecule has 1 heterocycles. The first-order valence-corrected chi connectivity index (χ1v) is 9.84. The second-order valence-electron chi connectivity index (χ2n) is 6.03. The first-order valence-electron chi connectivity index (χ1n) is 8.79. The van der Waals surface area contributed by atoms with Crippen LogP contribution in [0.4, 0.5) is 0 Å². The van der Waals surface area contributed by atoms with E-state index >= 15 is 0 Å². The van der Waals surface area contributed by atoms with Gasteiger partial charge in [-0.1, -0.05) is 18.2 Å². The smallest absolute Gasteiger partial charge is 0.321 e. The maximum absolute atomic E-state index is 11.1. The summed E-state index contributed by atoms with van der Waals surface area (Å²) >= 11 is 1.56. The van der Waals surface area contributed by atoms with Crippen LogP contribution >= 0.6 is 11.8 Å². The van der Waals surface area contributed by atoms with Crippen molar-refractivity contribution >= 4 is 17.7 Å². The summed E-state index contributed by atoms with van der Waals surface area (Å²) in [5.41, 5.74) is 0.940. The number of aliphatic carboxylic acids is 1. The number of para-hydroxylation sites is 2. The van der Waals surface area contributed by atoms with Gasteiger partial charge in [-0.25, -0.2) is 0 Å². The van der Waals surface area contributed by atoms with E-state index in [1.807, 2.05) is 42.5 Å². The number of carboxylic acid groups (broad SMARTS) is 1. The Kier molecular flexibility index (Phi) is 6.89. The summed E-state index contributed by atoms with van der Waals surface area (Å²) in [6.45, 7) is 0.659. The quantitative estimate of drug-likeness (QED) is 0.616. The average molecular weight is 405 g/mol. The van der Waals surface area contributed by atoms with Gasteiger partial charge in [0.25, 0.3) is 0 Å². The van der Waals surface area contributed by atoms with Gasteiger partial charge in [-0.15, -0.1) is 11.8 Å². The molecule has 2 N–H and O–H groups in total. The van der Waals surface area contributed by atoms with E-state index in [2.05, 4.69) is 5.32 Å². The van der Waals surface area contributed by atoms with Gasteiger partial charge in [0, 0.05) is 5.75 Å². The number of ether oxygens (including phenoxy) is 4. The van der Waals surface area contributed by atoms with Crippen LogP contribution in [-0.4, -0.2) is 50.3 Å². The van der Waals surface area contributed by atoms with Crippen LogP contribution in [0.3, 0.4) is 0 Å². The van der Waals surface area contributed by atoms with Gasteiger partial charge in [0.15, 0.2) is 23.0 Å². The van der Waals surface area contributed by atoms with Crippen molar-refractivity contribution in [1.29, 1.82) is 0 Å². The number of thioether (sulfide) groups is 1. The number of nitrogens with one attached hydrogen (secondary N) is 1. The minimum atomic E-state index is -0.839. The number of methoxy groups -OCH3 is 2. The molecule has 1 fully saturated rings. The third-order valence-corrected chi connectivity index (χ3v) is 5.51. The zero-order valence-corrected chi connectivity index (χ0v) is 16.5. The van der Waals surface area contributed by atoms with Crippen LogP contribution in [0.2, 0.25) is 0 Å². The Bertz CT molecular complexity index is 815. The van der Waals surface area contributed by atoms with E-state index in [4.69, 9.17) is 24.1 Å². The lowest BCUT2D eigenvalue weighted by molar-refractivity contribution is -0.138. The highest BCUT2D eigenvalue weighted by molar-refractivity contribution is 7.99. The molecule has 0 aromatic heterocycles. The molecule has 0 spiro atoms. The monoisotopic (exact) mass is 405 g/mol. The molecule has 0 bridgehead atoms. The van der Waals surface area contributed by atoms with Crippen molar-refractivity contribution in [3.05, 3.63) is 48.0 Å². The van der Waals surface area contributed by atoms with Gasteiger partial charge in [-0.3, -0.25) is 10.1 Å². The second kappa shape index (κ2) is 9.57. The highest BCUT2D eigenvalue weighted by atomic mass is 32.2. The molecule has 0 aliphatic carbocycles. The first-order chi connectivity index (χ1) is 13.6. The van der Waals surface area contributed by atoms with Crippen molar-refractivity contribution in [2.45, 2.75) is 11.4 Å². The SMILES string of the molecule is COc1ccccc1OCCOc1cc(C2NC(C(=O)O)CS2)ccc1OC. The molecule has 1 saturated heterocycles. The summed E-state index contributed by atoms with van der Waals surface area (Å²) in [4.78, 5) is 11.1. The zero-order valence-electron chi connectivity index (χ0n) is 15.7. The normalized spacial score (nSPS) is 18.5. The Morgan fingerprint density at radius 1 is 1.04 bits per heavy atom. The van der Waals surface area contributed by atoms with Crippen molar-refractivity contribution in [2.24, 2.45) is 0 Å². The Hall–Kier alpha value is -2.58. The number of hydrogen-bond donors (Lipinski definition) is 2. The molecule has 7 nitrogen and oxygen atoms in total. The van der Waals surface area contributed by atoms with E-state index in [0.29, 0.717) is 42.0 Å². The van der Waals surface area contributed by atoms with Gasteiger partial charge in [0.1, 0.15) is 19.3 Å². The molecule has 2 aromatic carbocycles. The topological polar surface area (TPSA) is 86.2 Å². The molecule has 0 radical (unpaired) electrons. The highest BCUT2D eigenvalue weighted by Crippen LogP contribution is 2.37. The Balaban J connectivity index is 1.60. The van der Waals surface area contributed by atoms with E-state index in [9.17, 15) is 4.79 Å². The predicted octanol–water partition coefficient (Wildman–Crippen LogP) is 2.95. The lowest BCUT2D eigenvalue weighted by atomic mass is 10.2. The average Bonchev–Trinajstić information content (AvgIpc) is 3.22. The van der Waals surface area contributed by atoms with Crippen LogP contribution < -0.4 is 24.3 Å². The molecule has 2 unspecified atom stereocenters. The van der Waals surface area contributed by atoms with Crippen LogP contribution in [0, 0.1) is 0 Å². The molecule has 1 aliphatic rings. The van der Waals surface area contributed by atoms with Crippen LogP contribution in [0.5, 0.6) is 23.0 Å². The number of carbonyl (C=O) groups is 1. The van der Waals surface area contributed by atoms with Crippen LogP contribution in [0.25, 0.3) is 0 Å². The van der Waals surface area contributed by atoms with Crippen molar-refractivity contribution in [2.75, 3.05) is 33.2 Å². The molecule has 3 rings (SSSR count). The summed E-state index contributed by atoms with van der Waals surface area (Å²) in [6, 6.07) is 12.5. The van der Waals surface area contributed by atoms with Crippen LogP contribution in [0.15, 0.2) is 42.5 Å². The maximum Gasteiger partial charge on any atom is 0.321 e. The molecule has 150 valence electrons. The molecule has 0 amide bonds. The third kappa shape index (κ3) is 4.82. The van der Waals surface area contributed by atoms with Gasteiger partial charge < -0.3 is 24.1 Å². The summed E-state index contributed by atoms with van der Waals surface area (Å²) in [7, 11) is 3.18. The number of benzene rings is 2. The highest BCUT2D eigenvalue weighted by Gasteiger charge is 2.30. The van der Waals surface area contributed by atoms with Crippen molar-refractivity contribution < 1.29 is 28.8 Å². The fourth-order valence-corrected chi connectivity index (χ4v) is 4.04. The molecule has 1 aliphatic heterocycles. The molecule has 0 saturated carbocycles. The lowest BCUT2D eigenvalue weighted by Crippen LogP contribution is -2.33. The van der Waals surface area contributed by atoms with Gasteiger partial charge in [-0.05, 0) is 29.8 Å². The number of rotatable bonds is 9. The molecule has 28 heavy (non-hydrogen) atoms. The predicted molar refractivity (Wildman–Crippen MR) is 107 cm³/mol. The van der Waals surface area contributed by atoms with E-state index in [1.54, 1.807) is 26.0 Å². The molecule has 8 heteroatoms. The second-order valence-corrected chi connectivity index (χ2v) is 7.17. The molecule has 2 atom stereocenters. The van der Waals surface area contributed by atoms with Gasteiger partial charge in [-0.2, -0.15) is 0 Å². The van der Waals surface area contributed by atoms with Crippen LogP contribution in [-0.2, 0) is 4.79 Å². The summed E-state index contributed by atoms with van der Waals surface area (Å²) in [5.74, 6) is 2.20. The summed E-state index contributed by atoms with van der Waals surface area (Å²) < 4.78 is 22.2. The summed E-state index contributed by atoms with van der Waals surface area (Å²) in [6.07, 6.45) is 0. The molecular formula is C20H23NO6S. The van der Waals surface area contributed by atoms with Crippen molar-refractivity contribution in [3.8, 4) is 23.0 Å². The maximum atomic E-state index is 11.1. The van der Waals surface area contributed by atoms with E-state index in [1.165, 1.54) is 0 Å². The van der Waals surface area contributed by atoms with Gasteiger partial charge >= 0.3 is 5.97 Å². The minimum absolute atomic E-state index is 0.0980. The standard InChI is InChI=1S/C20H23NO6S/c1-24-15-5-3-4-6-17(15)26-9-10-27-18-11-13(7-8-16(18)25-2)19-21-14(12-28-19)20(22)23/h3-8,11,14,19,21H,9-10,12H2,1-2H3,(H,22,23). The summed E-state index contributed by atoms with van der Waals surface area (Å²) in [5, 5.41) is 12.1. The van der Waals surface area contributed by atoms with Crippen molar-refractivity contribution in [3.63, 3.8) is 0 Å². The third-order valence-electron chi connectivity index (χ3n) is 4.24. The van der Waals surface area contributed by atoms with Crippen LogP contribution in [0.1, 0.15) is 10.9 Å². The van der Waals surface area contributed by atoms with E-state index < -0.39 is 12.0 Å². The minimum Gasteiger partial charge on any atom is -0.493 e. The zero-order chi connectivity index (χ0) is 19.9. The Morgan fingerprint density at radius 3 is 2.32 bits per heavy atom. The fourth-order valence-electron chi connectivity index (χ4n) is 2.82. The molecule has 2 aromatic rings. The Morgan fingerprint density at radius 2 is 1.68 bits per heavy atom. The fraction of sp³-hybridized carbons (Fsp3) is 0.350. The van der Waals surface area contributed by atoms with Gasteiger partial charge in [0.05, 0.1) is 19.6 Å². The lowest BCUT2D eigenvalue weighted by Gasteiger charge is -2.16. The number of hydrogen-bond acceptors (Lipinski definition) is 7. The largest absolute Gasteiger partial charge is 0.493 e.